The van der Waals surface area contributed by atoms with Crippen molar-refractivity contribution in [3.8, 4) is 16.9 Å². The molecule has 44 heavy (non-hydrogen) atoms. The molecule has 2 bridgehead atoms. The minimum atomic E-state index is -0.621. The number of amides is 2. The average molecular weight is 633 g/mol. The van der Waals surface area contributed by atoms with Crippen molar-refractivity contribution in [3.05, 3.63) is 82.0 Å². The van der Waals surface area contributed by atoms with Crippen LogP contribution in [-0.2, 0) is 9.59 Å². The number of pyridine rings is 1. The van der Waals surface area contributed by atoms with Gasteiger partial charge in [0.05, 0.1) is 38.8 Å². The number of carbonyl (C=O) groups excluding carboxylic acids is 2. The number of nitrogens with one attached hydrogen (secondary N) is 1. The lowest BCUT2D eigenvalue weighted by Gasteiger charge is -2.40. The smallest absolute Gasteiger partial charge is 0.350 e. The molecule has 226 valence electrons. The van der Waals surface area contributed by atoms with Crippen LogP contribution in [0.4, 0.5) is 15.9 Å². The number of rotatable bonds is 3. The molecule has 6 rings (SSSR count). The van der Waals surface area contributed by atoms with Crippen LogP contribution in [0.2, 0.25) is 5.02 Å². The third kappa shape index (κ3) is 5.13. The van der Waals surface area contributed by atoms with Gasteiger partial charge in [-0.25, -0.2) is 18.7 Å². The fourth-order valence-electron chi connectivity index (χ4n) is 5.86. The maximum absolute atomic E-state index is 15.5. The molecule has 2 amide bonds. The first-order chi connectivity index (χ1) is 21.1. The Bertz CT molecular complexity index is 1910. The van der Waals surface area contributed by atoms with E-state index in [9.17, 15) is 14.4 Å². The summed E-state index contributed by atoms with van der Waals surface area (Å²) in [7, 11) is 0. The summed E-state index contributed by atoms with van der Waals surface area (Å²) >= 11 is 8.15. The molecule has 1 saturated heterocycles. The van der Waals surface area contributed by atoms with Crippen molar-refractivity contribution in [2.24, 2.45) is 0 Å². The number of carbonyl (C=O) groups is 2. The number of hydrogen-bond donors (Lipinski definition) is 1. The molecule has 9 nitrogen and oxygen atoms in total. The molecule has 0 unspecified atom stereocenters. The minimum absolute atomic E-state index is 0.00865. The monoisotopic (exact) mass is 632 g/mol. The second kappa shape index (κ2) is 11.7. The SMILES string of the molecule is C=CC(=O)N1CCN(c2nc(=O)n3c4nc(c(Cl)cc24)-c2c(F)cccc2NC(=O)CSc2cccc(C(C)C)c2-3)[C@H](C)C1. The van der Waals surface area contributed by atoms with E-state index in [1.807, 2.05) is 43.9 Å². The Morgan fingerprint density at radius 3 is 2.68 bits per heavy atom. The number of halogens is 2. The number of aromatic nitrogens is 3. The highest BCUT2D eigenvalue weighted by Crippen LogP contribution is 2.40. The normalized spacial score (nSPS) is 16.7. The zero-order chi connectivity index (χ0) is 31.3. The second-order valence-corrected chi connectivity index (χ2v) is 12.5. The van der Waals surface area contributed by atoms with E-state index in [0.717, 1.165) is 5.56 Å². The van der Waals surface area contributed by atoms with E-state index < -0.39 is 11.5 Å². The molecule has 0 spiro atoms. The zero-order valence-electron chi connectivity index (χ0n) is 24.4. The van der Waals surface area contributed by atoms with Gasteiger partial charge in [0.2, 0.25) is 11.8 Å². The first kappa shape index (κ1) is 29.8. The summed E-state index contributed by atoms with van der Waals surface area (Å²) in [5.41, 5.74) is 1.45. The van der Waals surface area contributed by atoms with Gasteiger partial charge in [-0.3, -0.25) is 9.59 Å². The van der Waals surface area contributed by atoms with Crippen molar-refractivity contribution in [3.63, 3.8) is 0 Å². The molecular formula is C32H30ClFN6O3S. The molecule has 4 heterocycles. The van der Waals surface area contributed by atoms with Crippen LogP contribution in [0.3, 0.4) is 0 Å². The predicted octanol–water partition coefficient (Wildman–Crippen LogP) is 5.63. The van der Waals surface area contributed by atoms with Gasteiger partial charge in [-0.15, -0.1) is 11.8 Å². The predicted molar refractivity (Wildman–Crippen MR) is 173 cm³/mol. The van der Waals surface area contributed by atoms with Crippen LogP contribution < -0.4 is 15.9 Å². The van der Waals surface area contributed by atoms with Gasteiger partial charge in [0.1, 0.15) is 11.6 Å². The third-order valence-corrected chi connectivity index (χ3v) is 9.28. The van der Waals surface area contributed by atoms with Crippen LogP contribution >= 0.6 is 23.4 Å². The van der Waals surface area contributed by atoms with Crippen molar-refractivity contribution < 1.29 is 14.0 Å². The van der Waals surface area contributed by atoms with Crippen molar-refractivity contribution >= 4 is 57.7 Å². The molecule has 2 aliphatic rings. The molecular weight excluding hydrogens is 603 g/mol. The molecule has 1 N–H and O–H groups in total. The Labute approximate surface area is 262 Å². The van der Waals surface area contributed by atoms with Gasteiger partial charge in [0.15, 0.2) is 5.65 Å². The fourth-order valence-corrected chi connectivity index (χ4v) is 6.99. The number of benzene rings is 2. The first-order valence-electron chi connectivity index (χ1n) is 14.2. The van der Waals surface area contributed by atoms with Crippen LogP contribution in [-0.4, -0.2) is 62.7 Å². The van der Waals surface area contributed by atoms with Crippen LogP contribution in [0.1, 0.15) is 32.3 Å². The van der Waals surface area contributed by atoms with Crippen molar-refractivity contribution in [2.45, 2.75) is 37.6 Å². The van der Waals surface area contributed by atoms with E-state index in [-0.39, 0.29) is 57.1 Å². The molecule has 4 aromatic rings. The number of fused-ring (bicyclic) bond motifs is 5. The van der Waals surface area contributed by atoms with Gasteiger partial charge < -0.3 is 15.1 Å². The van der Waals surface area contributed by atoms with E-state index in [0.29, 0.717) is 41.4 Å². The fraction of sp³-hybridized carbons (Fsp3) is 0.281. The first-order valence-corrected chi connectivity index (χ1v) is 15.6. The van der Waals surface area contributed by atoms with Crippen molar-refractivity contribution in [2.75, 3.05) is 35.6 Å². The molecule has 12 heteroatoms. The maximum atomic E-state index is 15.5. The quantitative estimate of drug-likeness (QED) is 0.292. The van der Waals surface area contributed by atoms with Gasteiger partial charge in [0, 0.05) is 30.6 Å². The highest BCUT2D eigenvalue weighted by Gasteiger charge is 2.31. The molecule has 0 aliphatic carbocycles. The second-order valence-electron chi connectivity index (χ2n) is 11.1. The lowest BCUT2D eigenvalue weighted by molar-refractivity contribution is -0.126. The Kier molecular flexibility index (Phi) is 7.93. The summed E-state index contributed by atoms with van der Waals surface area (Å²) in [5, 5.41) is 3.45. The lowest BCUT2D eigenvalue weighted by Crippen LogP contribution is -2.54. The molecule has 0 radical (unpaired) electrons. The van der Waals surface area contributed by atoms with Crippen molar-refractivity contribution in [1.29, 1.82) is 0 Å². The third-order valence-electron chi connectivity index (χ3n) is 7.95. The molecule has 2 aromatic carbocycles. The number of nitrogens with zero attached hydrogens (tertiary/aromatic N) is 5. The lowest BCUT2D eigenvalue weighted by atomic mass is 10.0. The van der Waals surface area contributed by atoms with E-state index in [2.05, 4.69) is 16.9 Å². The van der Waals surface area contributed by atoms with E-state index in [1.54, 1.807) is 17.0 Å². The van der Waals surface area contributed by atoms with E-state index in [4.69, 9.17) is 16.6 Å². The number of thioether (sulfide) groups is 1. The van der Waals surface area contributed by atoms with Crippen LogP contribution in [0.5, 0.6) is 0 Å². The van der Waals surface area contributed by atoms with Gasteiger partial charge in [-0.05, 0) is 48.7 Å². The summed E-state index contributed by atoms with van der Waals surface area (Å²) in [6, 6.07) is 11.5. The number of piperazine rings is 1. The summed E-state index contributed by atoms with van der Waals surface area (Å²) in [6.07, 6.45) is 1.29. The zero-order valence-corrected chi connectivity index (χ0v) is 26.0. The topological polar surface area (TPSA) is 100 Å². The molecule has 2 aliphatic heterocycles. The number of para-hydroxylation sites is 1. The Balaban J connectivity index is 1.70. The van der Waals surface area contributed by atoms with E-state index >= 15 is 4.39 Å². The highest BCUT2D eigenvalue weighted by molar-refractivity contribution is 8.00. The van der Waals surface area contributed by atoms with Crippen LogP contribution in [0, 0.1) is 5.82 Å². The van der Waals surface area contributed by atoms with Gasteiger partial charge >= 0.3 is 5.69 Å². The van der Waals surface area contributed by atoms with Gasteiger partial charge in [-0.2, -0.15) is 4.98 Å². The average Bonchev–Trinajstić information content (AvgIpc) is 2.99. The minimum Gasteiger partial charge on any atom is -0.350 e. The standard InChI is InChI=1S/C32H30ClFN6O3S/c1-5-26(42)38-12-13-39(18(4)15-38)30-20-14-21(33)28-27-22(34)9-7-10-23(27)35-25(41)16-44-24-11-6-8-19(17(2)3)29(24)40(31(20)36-28)32(43)37-30/h5-11,14,17-18H,1,12-13,15-16H2,2-4H3,(H,35,41)/t18-/m1/s1. The van der Waals surface area contributed by atoms with Gasteiger partial charge in [-0.1, -0.05) is 50.2 Å². The van der Waals surface area contributed by atoms with E-state index in [1.165, 1.54) is 34.5 Å². The Morgan fingerprint density at radius 1 is 1.18 bits per heavy atom. The van der Waals surface area contributed by atoms with Crippen LogP contribution in [0.25, 0.3) is 28.0 Å². The van der Waals surface area contributed by atoms with Crippen molar-refractivity contribution in [1.82, 2.24) is 19.4 Å². The van der Waals surface area contributed by atoms with Gasteiger partial charge in [0.25, 0.3) is 0 Å². The molecule has 0 saturated carbocycles. The molecule has 2 aromatic heterocycles. The summed E-state index contributed by atoms with van der Waals surface area (Å²) in [5.74, 6) is -0.716. The summed E-state index contributed by atoms with van der Waals surface area (Å²) < 4.78 is 17.0. The maximum Gasteiger partial charge on any atom is 0.355 e. The van der Waals surface area contributed by atoms with Crippen LogP contribution in [0.15, 0.2) is 64.8 Å². The Morgan fingerprint density at radius 2 is 1.95 bits per heavy atom. The Hall–Kier alpha value is -4.22. The highest BCUT2D eigenvalue weighted by atomic mass is 35.5. The summed E-state index contributed by atoms with van der Waals surface area (Å²) in [4.78, 5) is 53.5. The molecule has 1 atom stereocenters. The summed E-state index contributed by atoms with van der Waals surface area (Å²) in [6.45, 7) is 10.8. The molecule has 1 fully saturated rings. The number of hydrogen-bond acceptors (Lipinski definition) is 7. The number of anilines is 2. The largest absolute Gasteiger partial charge is 0.355 e.